The maximum Gasteiger partial charge on any atom is 0.267 e. The van der Waals surface area contributed by atoms with Crippen LogP contribution in [0.3, 0.4) is 0 Å². The van der Waals surface area contributed by atoms with Crippen molar-refractivity contribution in [3.63, 3.8) is 0 Å². The maximum absolute atomic E-state index is 13.0. The number of fused-ring (bicyclic) bond motifs is 2. The molecule has 1 heterocycles. The molecule has 1 aromatic heterocycles. The first-order valence-corrected chi connectivity index (χ1v) is 10.5. The third kappa shape index (κ3) is 3.60. The topological polar surface area (TPSA) is 62.7 Å². The Balaban J connectivity index is 1.54. The fourth-order valence-electron chi connectivity index (χ4n) is 3.79. The Bertz CT molecular complexity index is 1430. The highest BCUT2D eigenvalue weighted by Gasteiger charge is 2.16. The summed E-state index contributed by atoms with van der Waals surface area (Å²) in [6, 6.07) is 25.4. The molecule has 0 aliphatic heterocycles. The molecule has 0 bridgehead atoms. The zero-order valence-electron chi connectivity index (χ0n) is 16.3. The minimum Gasteiger partial charge on any atom is -0.350 e. The number of carbonyl (C=O) groups excluding carboxylic acids is 1. The summed E-state index contributed by atoms with van der Waals surface area (Å²) in [5.74, 6) is 0.0858. The van der Waals surface area contributed by atoms with Crippen LogP contribution in [-0.2, 0) is 6.54 Å². The van der Waals surface area contributed by atoms with Crippen LogP contribution in [-0.4, -0.2) is 20.7 Å². The molecule has 0 saturated heterocycles. The van der Waals surface area contributed by atoms with Gasteiger partial charge in [-0.1, -0.05) is 60.1 Å². The summed E-state index contributed by atoms with van der Waals surface area (Å²) in [6.07, 6.45) is 0. The third-order valence-electron chi connectivity index (χ3n) is 5.27. The smallest absolute Gasteiger partial charge is 0.267 e. The highest BCUT2D eigenvalue weighted by atomic mass is 35.5. The van der Waals surface area contributed by atoms with Crippen LogP contribution in [0.15, 0.2) is 78.9 Å². The number of hydrogen-bond donors (Lipinski definition) is 2. The Hall–Kier alpha value is -3.48. The van der Waals surface area contributed by atoms with Crippen LogP contribution in [0, 0.1) is 4.77 Å². The Kier molecular flexibility index (Phi) is 5.02. The number of nitrogens with zero attached hydrogens (tertiary/aromatic N) is 2. The number of carbonyl (C=O) groups is 1. The van der Waals surface area contributed by atoms with Gasteiger partial charge in [0.2, 0.25) is 10.7 Å². The normalized spacial score (nSPS) is 11.1. The first kappa shape index (κ1) is 19.5. The van der Waals surface area contributed by atoms with E-state index in [1.807, 2.05) is 24.3 Å². The number of hydrogen-bond acceptors (Lipinski definition) is 4. The number of rotatable bonds is 4. The van der Waals surface area contributed by atoms with Crippen LogP contribution in [0.5, 0.6) is 0 Å². The molecule has 0 unspecified atom stereocenters. The zero-order chi connectivity index (χ0) is 21.4. The van der Waals surface area contributed by atoms with E-state index in [0.717, 1.165) is 27.1 Å². The SMILES string of the molecule is O=C(c1ccc(Cl)cc1)n1c(NCc2c3ccccc3cc3ccccc23)n[nH]c1=S. The van der Waals surface area contributed by atoms with Crippen LogP contribution in [0.2, 0.25) is 5.02 Å². The molecule has 5 rings (SSSR count). The molecule has 0 aliphatic carbocycles. The van der Waals surface area contributed by atoms with Crippen LogP contribution in [0.1, 0.15) is 15.9 Å². The molecule has 152 valence electrons. The molecule has 0 fully saturated rings. The van der Waals surface area contributed by atoms with Crippen molar-refractivity contribution in [2.75, 3.05) is 5.32 Å². The second-order valence-corrected chi connectivity index (χ2v) is 7.97. The van der Waals surface area contributed by atoms with E-state index >= 15 is 0 Å². The number of benzene rings is 4. The first-order valence-electron chi connectivity index (χ1n) is 9.73. The summed E-state index contributed by atoms with van der Waals surface area (Å²) in [5.41, 5.74) is 1.61. The summed E-state index contributed by atoms with van der Waals surface area (Å²) in [7, 11) is 0. The Morgan fingerprint density at radius 1 is 0.968 bits per heavy atom. The van der Waals surface area contributed by atoms with Gasteiger partial charge in [0.15, 0.2) is 0 Å². The second-order valence-electron chi connectivity index (χ2n) is 7.15. The average molecular weight is 445 g/mol. The molecule has 4 aromatic carbocycles. The predicted molar refractivity (Wildman–Crippen MR) is 127 cm³/mol. The minimum absolute atomic E-state index is 0.227. The molecule has 0 spiro atoms. The fourth-order valence-corrected chi connectivity index (χ4v) is 4.13. The van der Waals surface area contributed by atoms with Crippen molar-refractivity contribution in [2.24, 2.45) is 0 Å². The van der Waals surface area contributed by atoms with E-state index in [4.69, 9.17) is 23.8 Å². The lowest BCUT2D eigenvalue weighted by Crippen LogP contribution is -2.16. The summed E-state index contributed by atoms with van der Waals surface area (Å²) < 4.78 is 1.59. The van der Waals surface area contributed by atoms with Gasteiger partial charge in [-0.25, -0.2) is 9.67 Å². The summed E-state index contributed by atoms with van der Waals surface area (Å²) in [5, 5.41) is 15.5. The molecule has 5 aromatic rings. The molecule has 0 saturated carbocycles. The lowest BCUT2D eigenvalue weighted by Gasteiger charge is -2.13. The Labute approximate surface area is 188 Å². The fraction of sp³-hybridized carbons (Fsp3) is 0.0417. The van der Waals surface area contributed by atoms with Crippen LogP contribution in [0.25, 0.3) is 21.5 Å². The molecule has 2 N–H and O–H groups in total. The van der Waals surface area contributed by atoms with Crippen molar-refractivity contribution < 1.29 is 4.79 Å². The molecule has 7 heteroatoms. The van der Waals surface area contributed by atoms with E-state index in [1.54, 1.807) is 24.3 Å². The van der Waals surface area contributed by atoms with E-state index in [0.29, 0.717) is 23.1 Å². The van der Waals surface area contributed by atoms with Gasteiger partial charge in [-0.2, -0.15) is 0 Å². The second kappa shape index (κ2) is 7.98. The van der Waals surface area contributed by atoms with Crippen molar-refractivity contribution >= 4 is 57.2 Å². The van der Waals surface area contributed by atoms with Crippen molar-refractivity contribution in [3.8, 4) is 0 Å². The summed E-state index contributed by atoms with van der Waals surface area (Å²) >= 11 is 11.3. The van der Waals surface area contributed by atoms with Gasteiger partial charge in [0.25, 0.3) is 5.91 Å². The summed E-state index contributed by atoms with van der Waals surface area (Å²) in [4.78, 5) is 13.0. The Morgan fingerprint density at radius 2 is 1.58 bits per heavy atom. The average Bonchev–Trinajstić information content (AvgIpc) is 3.16. The van der Waals surface area contributed by atoms with Crippen molar-refractivity contribution in [3.05, 3.63) is 99.8 Å². The molecule has 0 radical (unpaired) electrons. The van der Waals surface area contributed by atoms with E-state index < -0.39 is 0 Å². The highest BCUT2D eigenvalue weighted by molar-refractivity contribution is 7.71. The van der Waals surface area contributed by atoms with E-state index in [9.17, 15) is 4.79 Å². The van der Waals surface area contributed by atoms with Gasteiger partial charge >= 0.3 is 0 Å². The van der Waals surface area contributed by atoms with Gasteiger partial charge in [0.05, 0.1) is 0 Å². The van der Waals surface area contributed by atoms with Gasteiger partial charge < -0.3 is 5.32 Å². The number of anilines is 1. The van der Waals surface area contributed by atoms with Gasteiger partial charge in [-0.15, -0.1) is 5.10 Å². The molecule has 31 heavy (non-hydrogen) atoms. The van der Waals surface area contributed by atoms with Gasteiger partial charge in [-0.05, 0) is 69.7 Å². The summed E-state index contributed by atoms with van der Waals surface area (Å²) in [6.45, 7) is 0.482. The van der Waals surface area contributed by atoms with E-state index in [1.165, 1.54) is 4.57 Å². The monoisotopic (exact) mass is 444 g/mol. The minimum atomic E-state index is -0.277. The van der Waals surface area contributed by atoms with Gasteiger partial charge in [0.1, 0.15) is 0 Å². The predicted octanol–water partition coefficient (Wildman–Crippen LogP) is 6.20. The quantitative estimate of drug-likeness (QED) is 0.256. The van der Waals surface area contributed by atoms with Crippen molar-refractivity contribution in [1.29, 1.82) is 0 Å². The van der Waals surface area contributed by atoms with Crippen LogP contribution >= 0.6 is 23.8 Å². The van der Waals surface area contributed by atoms with Crippen LogP contribution < -0.4 is 5.32 Å². The number of H-pyrrole nitrogens is 1. The maximum atomic E-state index is 13.0. The molecule has 0 aliphatic rings. The number of aromatic amines is 1. The van der Waals surface area contributed by atoms with E-state index in [2.05, 4.69) is 45.8 Å². The molecular formula is C24H17ClN4OS. The lowest BCUT2D eigenvalue weighted by molar-refractivity contribution is 0.0960. The van der Waals surface area contributed by atoms with Crippen molar-refractivity contribution in [1.82, 2.24) is 14.8 Å². The van der Waals surface area contributed by atoms with Crippen molar-refractivity contribution in [2.45, 2.75) is 6.54 Å². The third-order valence-corrected chi connectivity index (χ3v) is 5.80. The first-order chi connectivity index (χ1) is 15.1. The highest BCUT2D eigenvalue weighted by Crippen LogP contribution is 2.29. The molecular weight excluding hydrogens is 428 g/mol. The Morgan fingerprint density at radius 3 is 2.23 bits per heavy atom. The molecule has 5 nitrogen and oxygen atoms in total. The molecule has 0 atom stereocenters. The van der Waals surface area contributed by atoms with E-state index in [-0.39, 0.29) is 10.7 Å². The largest absolute Gasteiger partial charge is 0.350 e. The zero-order valence-corrected chi connectivity index (χ0v) is 17.9. The van der Waals surface area contributed by atoms with Crippen LogP contribution in [0.4, 0.5) is 5.95 Å². The van der Waals surface area contributed by atoms with Gasteiger partial charge in [-0.3, -0.25) is 4.79 Å². The standard InChI is InChI=1S/C24H17ClN4OS/c25-18-11-9-15(10-12-18)22(30)29-23(27-28-24(29)31)26-14-21-19-7-3-1-5-16(19)13-17-6-2-4-8-20(17)21/h1-13H,14H2,(H,26,27)(H,28,31). The number of nitrogens with one attached hydrogen (secondary N) is 2. The van der Waals surface area contributed by atoms with Gasteiger partial charge in [0, 0.05) is 17.1 Å². The number of aromatic nitrogens is 3. The lowest BCUT2D eigenvalue weighted by atomic mass is 9.97. The number of halogens is 1. The molecule has 0 amide bonds.